The van der Waals surface area contributed by atoms with Gasteiger partial charge in [0, 0.05) is 58.8 Å². The summed E-state index contributed by atoms with van der Waals surface area (Å²) >= 11 is 1.01. The predicted octanol–water partition coefficient (Wildman–Crippen LogP) is -5.46. The van der Waals surface area contributed by atoms with Gasteiger partial charge >= 0.3 is 0 Å². The van der Waals surface area contributed by atoms with Crippen LogP contribution in [0.15, 0.2) is 0 Å². The van der Waals surface area contributed by atoms with Gasteiger partial charge in [0.2, 0.25) is 11.8 Å². The number of nitrogens with one attached hydrogen (secondary N) is 4. The number of hydrogen-bond donors (Lipinski definition) is 8. The first kappa shape index (κ1) is 35.3. The van der Waals surface area contributed by atoms with Crippen LogP contribution in [0, 0.1) is 0 Å². The summed E-state index contributed by atoms with van der Waals surface area (Å²) < 4.78 is 23.9. The number of thioether (sulfide) groups is 1. The van der Waals surface area contributed by atoms with Gasteiger partial charge in [0.1, 0.15) is 41.4 Å². The zero-order valence-corrected chi connectivity index (χ0v) is 27.4. The van der Waals surface area contributed by atoms with E-state index >= 15 is 0 Å². The standard InChI is InChI=1S/C29H48N6O11S/c1-16(36)11-47-17(25(42)33-13-29-15-44-27(46-29)20(22(39)24(29)41)35-8-4-31-5-9-35)10-18(37)32-12-28-14-43-26(45-28)19(21(38)23(28)40)34-6-2-30-3-7-34/h17,19-24,26-27,30-31,38-41H,2-15H2,1H3,(H,32,37)(H,33,42)/t17?,19-,20-,21+,22+,23+,24+,26-,27-,28-,29-/m0/s1. The van der Waals surface area contributed by atoms with Crippen molar-refractivity contribution in [2.45, 2.75) is 78.9 Å². The molecule has 0 saturated carbocycles. The fraction of sp³-hybridized carbons (Fsp3) is 0.897. The second-order valence-electron chi connectivity index (χ2n) is 13.3. The smallest absolute Gasteiger partial charge is 0.233 e. The predicted molar refractivity (Wildman–Crippen MR) is 165 cm³/mol. The second-order valence-corrected chi connectivity index (χ2v) is 14.5. The van der Waals surface area contributed by atoms with Gasteiger partial charge in [-0.3, -0.25) is 24.2 Å². The fourth-order valence-corrected chi connectivity index (χ4v) is 8.37. The summed E-state index contributed by atoms with van der Waals surface area (Å²) in [5.41, 5.74) is -2.73. The van der Waals surface area contributed by atoms with Gasteiger partial charge in [0.15, 0.2) is 12.6 Å². The number of amides is 2. The third-order valence-electron chi connectivity index (χ3n) is 10.1. The van der Waals surface area contributed by atoms with E-state index in [9.17, 15) is 34.8 Å². The molecular weight excluding hydrogens is 640 g/mol. The summed E-state index contributed by atoms with van der Waals surface area (Å²) in [5.74, 6) is -1.26. The minimum atomic E-state index is -1.38. The topological polar surface area (TPSA) is 224 Å². The number of Topliss-reactive ketones (excluding diaryl/α,β-unsaturated/α-hetero) is 1. The van der Waals surface area contributed by atoms with E-state index in [1.54, 1.807) is 0 Å². The molecule has 1 unspecified atom stereocenters. The second kappa shape index (κ2) is 14.8. The highest BCUT2D eigenvalue weighted by atomic mass is 32.2. The molecule has 6 aliphatic rings. The van der Waals surface area contributed by atoms with E-state index in [2.05, 4.69) is 21.3 Å². The highest BCUT2D eigenvalue weighted by Crippen LogP contribution is 2.40. The number of ketones is 1. The van der Waals surface area contributed by atoms with E-state index in [4.69, 9.17) is 18.9 Å². The maximum atomic E-state index is 13.4. The molecule has 2 amide bonds. The van der Waals surface area contributed by atoms with Gasteiger partial charge in [-0.1, -0.05) is 0 Å². The number of aliphatic hydroxyl groups excluding tert-OH is 4. The van der Waals surface area contributed by atoms with Crippen LogP contribution in [0.5, 0.6) is 0 Å². The summed E-state index contributed by atoms with van der Waals surface area (Å²) in [6.45, 7) is 6.59. The van der Waals surface area contributed by atoms with Crippen LogP contribution in [0.4, 0.5) is 0 Å². The quantitative estimate of drug-likeness (QED) is 0.0958. The highest BCUT2D eigenvalue weighted by Gasteiger charge is 2.61. The van der Waals surface area contributed by atoms with Gasteiger partial charge in [-0.25, -0.2) is 0 Å². The molecule has 6 rings (SSSR count). The summed E-state index contributed by atoms with van der Waals surface area (Å²) in [6.07, 6.45) is -6.83. The Morgan fingerprint density at radius 2 is 1.28 bits per heavy atom. The number of piperazine rings is 2. The van der Waals surface area contributed by atoms with Crippen molar-refractivity contribution in [3.8, 4) is 0 Å². The van der Waals surface area contributed by atoms with Gasteiger partial charge in [-0.2, -0.15) is 0 Å². The number of ether oxygens (including phenoxy) is 4. The minimum absolute atomic E-state index is 0.00715. The van der Waals surface area contributed by atoms with Crippen LogP contribution < -0.4 is 21.3 Å². The van der Waals surface area contributed by atoms with E-state index in [1.807, 2.05) is 9.80 Å². The summed E-state index contributed by atoms with van der Waals surface area (Å²) in [7, 11) is 0. The Bertz CT molecular complexity index is 1150. The molecule has 18 heteroatoms. The zero-order valence-electron chi connectivity index (χ0n) is 26.5. The molecule has 266 valence electrons. The molecule has 8 N–H and O–H groups in total. The lowest BCUT2D eigenvalue weighted by molar-refractivity contribution is -0.243. The number of hydrogen-bond acceptors (Lipinski definition) is 16. The lowest BCUT2D eigenvalue weighted by Crippen LogP contribution is -2.69. The Hall–Kier alpha value is -1.52. The number of aliphatic hydroxyl groups is 4. The SMILES string of the molecule is CC(=O)CSC(CC(=O)NC[C@@]12CO[C@@H](O1)[C@@H](N1CCNCC1)[C@@H](O)[C@H]2O)C(=O)NC[C@@]12CO[C@@H](O1)[C@@H](N1CCNCC1)[C@@H](O)[C@H]2O. The molecule has 6 aliphatic heterocycles. The van der Waals surface area contributed by atoms with Crippen molar-refractivity contribution < 1.29 is 53.8 Å². The lowest BCUT2D eigenvalue weighted by Gasteiger charge is -2.47. The first-order chi connectivity index (χ1) is 22.5. The first-order valence-electron chi connectivity index (χ1n) is 16.4. The molecule has 4 bridgehead atoms. The number of carbonyl (C=O) groups excluding carboxylic acids is 3. The van der Waals surface area contributed by atoms with Crippen LogP contribution >= 0.6 is 11.8 Å². The molecule has 0 aromatic rings. The van der Waals surface area contributed by atoms with Gasteiger partial charge in [-0.15, -0.1) is 11.8 Å². The average molecular weight is 689 g/mol. The molecule has 0 radical (unpaired) electrons. The third kappa shape index (κ3) is 7.21. The molecular formula is C29H48N6O11S. The van der Waals surface area contributed by atoms with Crippen LogP contribution in [0.2, 0.25) is 0 Å². The van der Waals surface area contributed by atoms with Crippen molar-refractivity contribution in [2.75, 3.05) is 84.4 Å². The van der Waals surface area contributed by atoms with Crippen molar-refractivity contribution in [1.82, 2.24) is 31.1 Å². The van der Waals surface area contributed by atoms with Crippen molar-refractivity contribution in [3.63, 3.8) is 0 Å². The Morgan fingerprint density at radius 3 is 1.74 bits per heavy atom. The Morgan fingerprint density at radius 1 is 0.809 bits per heavy atom. The monoisotopic (exact) mass is 688 g/mol. The fourth-order valence-electron chi connectivity index (χ4n) is 7.43. The molecule has 6 saturated heterocycles. The lowest BCUT2D eigenvalue weighted by atomic mass is 9.86. The van der Waals surface area contributed by atoms with E-state index in [1.165, 1.54) is 6.92 Å². The molecule has 0 spiro atoms. The Balaban J connectivity index is 1.04. The van der Waals surface area contributed by atoms with Crippen LogP contribution in [0.25, 0.3) is 0 Å². The van der Waals surface area contributed by atoms with Gasteiger partial charge < -0.3 is 60.6 Å². The van der Waals surface area contributed by atoms with Crippen LogP contribution in [0.3, 0.4) is 0 Å². The molecule has 6 heterocycles. The van der Waals surface area contributed by atoms with Crippen LogP contribution in [-0.2, 0) is 33.3 Å². The molecule has 0 aromatic heterocycles. The highest BCUT2D eigenvalue weighted by molar-refractivity contribution is 8.01. The van der Waals surface area contributed by atoms with E-state index in [-0.39, 0.29) is 44.3 Å². The largest absolute Gasteiger partial charge is 0.388 e. The third-order valence-corrected chi connectivity index (χ3v) is 11.5. The number of carbonyl (C=O) groups is 3. The Kier molecular flexibility index (Phi) is 11.1. The molecule has 6 fully saturated rings. The summed E-state index contributed by atoms with van der Waals surface area (Å²) in [5, 5.41) is 55.3. The molecule has 47 heavy (non-hydrogen) atoms. The molecule has 17 nitrogen and oxygen atoms in total. The van der Waals surface area contributed by atoms with Crippen molar-refractivity contribution >= 4 is 29.4 Å². The maximum absolute atomic E-state index is 13.4. The van der Waals surface area contributed by atoms with Gasteiger partial charge in [0.05, 0.1) is 49.4 Å². The molecule has 0 aliphatic carbocycles. The van der Waals surface area contributed by atoms with Crippen molar-refractivity contribution in [2.24, 2.45) is 0 Å². The van der Waals surface area contributed by atoms with Gasteiger partial charge in [-0.05, 0) is 6.92 Å². The molecule has 0 aromatic carbocycles. The van der Waals surface area contributed by atoms with Crippen molar-refractivity contribution in [3.05, 3.63) is 0 Å². The first-order valence-corrected chi connectivity index (χ1v) is 17.4. The summed E-state index contributed by atoms with van der Waals surface area (Å²) in [4.78, 5) is 42.4. The molecule has 11 atom stereocenters. The van der Waals surface area contributed by atoms with E-state index in [0.717, 1.165) is 37.9 Å². The average Bonchev–Trinajstić information content (AvgIpc) is 3.66. The normalized spacial score (nSPS) is 41.4. The number of fused-ring (bicyclic) bond motifs is 4. The maximum Gasteiger partial charge on any atom is 0.233 e. The summed E-state index contributed by atoms with van der Waals surface area (Å²) in [6, 6.07) is -1.10. The van der Waals surface area contributed by atoms with Crippen LogP contribution in [-0.4, -0.2) is 198 Å². The van der Waals surface area contributed by atoms with Gasteiger partial charge in [0.25, 0.3) is 0 Å². The van der Waals surface area contributed by atoms with E-state index in [0.29, 0.717) is 26.2 Å². The Labute approximate surface area is 277 Å². The van der Waals surface area contributed by atoms with Crippen molar-refractivity contribution in [1.29, 1.82) is 0 Å². The van der Waals surface area contributed by atoms with E-state index < -0.39 is 77.3 Å². The number of rotatable bonds is 12. The van der Waals surface area contributed by atoms with Crippen LogP contribution in [0.1, 0.15) is 13.3 Å². The minimum Gasteiger partial charge on any atom is -0.388 e. The zero-order chi connectivity index (χ0) is 33.3. The number of nitrogens with zero attached hydrogens (tertiary/aromatic N) is 2.